The van der Waals surface area contributed by atoms with Gasteiger partial charge in [-0.3, -0.25) is 9.36 Å². The van der Waals surface area contributed by atoms with Gasteiger partial charge in [0.2, 0.25) is 0 Å². The molecule has 0 aliphatic rings. The zero-order valence-corrected chi connectivity index (χ0v) is 23.2. The zero-order valence-electron chi connectivity index (χ0n) is 23.2. The smallest absolute Gasteiger partial charge is 0.390 e. The molecule has 0 amide bonds. The first-order chi connectivity index (χ1) is 20.2. The molecule has 0 saturated heterocycles. The van der Waals surface area contributed by atoms with Crippen molar-refractivity contribution < 1.29 is 27.4 Å². The van der Waals surface area contributed by atoms with Crippen molar-refractivity contribution in [3.63, 3.8) is 0 Å². The zero-order chi connectivity index (χ0) is 29.7. The number of anilines is 1. The number of benzene rings is 4. The molecule has 0 bridgehead atoms. The third kappa shape index (κ3) is 6.91. The molecule has 0 radical (unpaired) electrons. The maximum absolute atomic E-state index is 12.9. The standard InChI is InChI=1S/C33H30F3N3O3/c1-3-31(40)28-14-9-24(17-22(28)2)39-21-38-32-29(37-16-15-33(34,35)36)18-27(19-30(32)39)42-26-12-10-25(11-13-26)41-20-23-7-5-4-6-8-23/h4-14,17-19,21,37H,3,15-16,20H2,1-2H3. The highest BCUT2D eigenvalue weighted by atomic mass is 19.4. The normalized spacial score (nSPS) is 11.5. The number of Topliss-reactive ketones (excluding diaryl/α,β-unsaturated/α-hetero) is 1. The molecule has 0 aliphatic heterocycles. The lowest BCUT2D eigenvalue weighted by Gasteiger charge is -2.14. The first kappa shape index (κ1) is 28.7. The van der Waals surface area contributed by atoms with Crippen molar-refractivity contribution in [2.75, 3.05) is 11.9 Å². The van der Waals surface area contributed by atoms with Crippen LogP contribution in [0.5, 0.6) is 17.2 Å². The van der Waals surface area contributed by atoms with Gasteiger partial charge < -0.3 is 14.8 Å². The molecule has 1 heterocycles. The van der Waals surface area contributed by atoms with Crippen LogP contribution in [0, 0.1) is 6.92 Å². The molecule has 0 unspecified atom stereocenters. The maximum atomic E-state index is 12.9. The van der Waals surface area contributed by atoms with Gasteiger partial charge in [-0.25, -0.2) is 4.98 Å². The number of aromatic nitrogens is 2. The van der Waals surface area contributed by atoms with Crippen LogP contribution in [-0.4, -0.2) is 28.1 Å². The Kier molecular flexibility index (Phi) is 8.47. The van der Waals surface area contributed by atoms with Gasteiger partial charge in [0.15, 0.2) is 5.78 Å². The number of aryl methyl sites for hydroxylation is 1. The molecule has 42 heavy (non-hydrogen) atoms. The van der Waals surface area contributed by atoms with Crippen molar-refractivity contribution >= 4 is 22.5 Å². The number of rotatable bonds is 11. The van der Waals surface area contributed by atoms with Gasteiger partial charge in [-0.1, -0.05) is 37.3 Å². The van der Waals surface area contributed by atoms with Crippen molar-refractivity contribution in [2.24, 2.45) is 0 Å². The van der Waals surface area contributed by atoms with Crippen LogP contribution in [0.25, 0.3) is 16.7 Å². The Morgan fingerprint density at radius 3 is 2.36 bits per heavy atom. The lowest BCUT2D eigenvalue weighted by molar-refractivity contribution is -0.131. The maximum Gasteiger partial charge on any atom is 0.390 e. The molecule has 0 aliphatic carbocycles. The molecule has 216 valence electrons. The fourth-order valence-corrected chi connectivity index (χ4v) is 4.61. The highest BCUT2D eigenvalue weighted by Gasteiger charge is 2.26. The van der Waals surface area contributed by atoms with E-state index in [4.69, 9.17) is 9.47 Å². The van der Waals surface area contributed by atoms with Crippen molar-refractivity contribution in [3.8, 4) is 22.9 Å². The summed E-state index contributed by atoms with van der Waals surface area (Å²) in [5.41, 5.74) is 4.85. The van der Waals surface area contributed by atoms with Crippen LogP contribution in [0.3, 0.4) is 0 Å². The molecule has 4 aromatic carbocycles. The van der Waals surface area contributed by atoms with Crippen LogP contribution < -0.4 is 14.8 Å². The quantitative estimate of drug-likeness (QED) is 0.160. The number of carbonyl (C=O) groups excluding carboxylic acids is 1. The summed E-state index contributed by atoms with van der Waals surface area (Å²) in [6.07, 6.45) is -3.27. The summed E-state index contributed by atoms with van der Waals surface area (Å²) in [6, 6.07) is 25.9. The van der Waals surface area contributed by atoms with E-state index >= 15 is 0 Å². The fraction of sp³-hybridized carbons (Fsp3) is 0.212. The second-order valence-corrected chi connectivity index (χ2v) is 9.87. The molecular weight excluding hydrogens is 543 g/mol. The number of carbonyl (C=O) groups is 1. The molecule has 5 aromatic rings. The lowest BCUT2D eigenvalue weighted by atomic mass is 10.0. The van der Waals surface area contributed by atoms with Gasteiger partial charge in [0.25, 0.3) is 0 Å². The number of nitrogens with zero attached hydrogens (tertiary/aromatic N) is 2. The first-order valence-electron chi connectivity index (χ1n) is 13.6. The molecule has 0 atom stereocenters. The topological polar surface area (TPSA) is 65.4 Å². The summed E-state index contributed by atoms with van der Waals surface area (Å²) in [6.45, 7) is 3.81. The summed E-state index contributed by atoms with van der Waals surface area (Å²) in [4.78, 5) is 16.8. The molecule has 0 saturated carbocycles. The Hall–Kier alpha value is -4.79. The first-order valence-corrected chi connectivity index (χ1v) is 13.6. The SMILES string of the molecule is CCC(=O)c1ccc(-n2cnc3c(NCCC(F)(F)F)cc(Oc4ccc(OCc5ccccc5)cc4)cc32)cc1C. The Labute approximate surface area is 241 Å². The van der Waals surface area contributed by atoms with E-state index in [0.717, 1.165) is 16.8 Å². The summed E-state index contributed by atoms with van der Waals surface area (Å²) in [5, 5.41) is 2.88. The predicted octanol–water partition coefficient (Wildman–Crippen LogP) is 8.66. The number of ether oxygens (including phenoxy) is 2. The van der Waals surface area contributed by atoms with E-state index in [1.165, 1.54) is 0 Å². The van der Waals surface area contributed by atoms with E-state index in [-0.39, 0.29) is 12.3 Å². The summed E-state index contributed by atoms with van der Waals surface area (Å²) in [5.74, 6) is 1.69. The Morgan fingerprint density at radius 1 is 0.929 bits per heavy atom. The summed E-state index contributed by atoms with van der Waals surface area (Å²) < 4.78 is 52.5. The molecule has 9 heteroatoms. The number of imidazole rings is 1. The molecule has 0 fully saturated rings. The Balaban J connectivity index is 1.43. The molecular formula is C33H30F3N3O3. The average molecular weight is 574 g/mol. The van der Waals surface area contributed by atoms with Crippen molar-refractivity contribution in [3.05, 3.63) is 108 Å². The van der Waals surface area contributed by atoms with Gasteiger partial charge >= 0.3 is 6.18 Å². The minimum absolute atomic E-state index is 0.0536. The second kappa shape index (κ2) is 12.4. The number of alkyl halides is 3. The lowest BCUT2D eigenvalue weighted by Crippen LogP contribution is -2.14. The number of hydrogen-bond donors (Lipinski definition) is 1. The molecule has 6 nitrogen and oxygen atoms in total. The van der Waals surface area contributed by atoms with E-state index in [2.05, 4.69) is 10.3 Å². The van der Waals surface area contributed by atoms with Crippen LogP contribution in [0.15, 0.2) is 91.3 Å². The number of ketones is 1. The second-order valence-electron chi connectivity index (χ2n) is 9.87. The van der Waals surface area contributed by atoms with E-state index < -0.39 is 12.6 Å². The Bertz CT molecular complexity index is 1680. The number of halogens is 3. The minimum atomic E-state index is -4.29. The molecule has 0 spiro atoms. The van der Waals surface area contributed by atoms with E-state index in [9.17, 15) is 18.0 Å². The third-order valence-corrected chi connectivity index (χ3v) is 6.77. The van der Waals surface area contributed by atoms with Crippen molar-refractivity contribution in [1.29, 1.82) is 0 Å². The summed E-state index contributed by atoms with van der Waals surface area (Å²) in [7, 11) is 0. The van der Waals surface area contributed by atoms with E-state index in [1.807, 2.05) is 60.9 Å². The minimum Gasteiger partial charge on any atom is -0.489 e. The fourth-order valence-electron chi connectivity index (χ4n) is 4.61. The number of nitrogens with one attached hydrogen (secondary N) is 1. The van der Waals surface area contributed by atoms with Crippen LogP contribution in [0.2, 0.25) is 0 Å². The van der Waals surface area contributed by atoms with E-state index in [1.54, 1.807) is 48.8 Å². The number of fused-ring (bicyclic) bond motifs is 1. The molecule has 1 N–H and O–H groups in total. The monoisotopic (exact) mass is 573 g/mol. The highest BCUT2D eigenvalue weighted by molar-refractivity contribution is 5.97. The van der Waals surface area contributed by atoms with Crippen molar-refractivity contribution in [2.45, 2.75) is 39.5 Å². The van der Waals surface area contributed by atoms with Gasteiger partial charge in [-0.2, -0.15) is 13.2 Å². The summed E-state index contributed by atoms with van der Waals surface area (Å²) >= 11 is 0. The highest BCUT2D eigenvalue weighted by Crippen LogP contribution is 2.34. The van der Waals surface area contributed by atoms with Crippen LogP contribution in [0.4, 0.5) is 18.9 Å². The number of hydrogen-bond acceptors (Lipinski definition) is 5. The van der Waals surface area contributed by atoms with Crippen LogP contribution in [0.1, 0.15) is 41.3 Å². The van der Waals surface area contributed by atoms with Crippen LogP contribution in [-0.2, 0) is 6.61 Å². The van der Waals surface area contributed by atoms with E-state index in [0.29, 0.717) is 52.6 Å². The molecule has 1 aromatic heterocycles. The van der Waals surface area contributed by atoms with Gasteiger partial charge in [-0.05, 0) is 60.5 Å². The largest absolute Gasteiger partial charge is 0.489 e. The van der Waals surface area contributed by atoms with Crippen LogP contribution >= 0.6 is 0 Å². The van der Waals surface area contributed by atoms with Gasteiger partial charge in [0.1, 0.15) is 35.7 Å². The Morgan fingerprint density at radius 2 is 1.67 bits per heavy atom. The molecule has 5 rings (SSSR count). The van der Waals surface area contributed by atoms with Gasteiger partial charge in [-0.15, -0.1) is 0 Å². The van der Waals surface area contributed by atoms with Gasteiger partial charge in [0, 0.05) is 36.3 Å². The predicted molar refractivity (Wildman–Crippen MR) is 157 cm³/mol. The average Bonchev–Trinajstić information content (AvgIpc) is 3.40. The van der Waals surface area contributed by atoms with Crippen molar-refractivity contribution in [1.82, 2.24) is 9.55 Å². The van der Waals surface area contributed by atoms with Gasteiger partial charge in [0.05, 0.1) is 17.6 Å². The third-order valence-electron chi connectivity index (χ3n) is 6.77.